The van der Waals surface area contributed by atoms with Gasteiger partial charge in [-0.15, -0.1) is 0 Å². The van der Waals surface area contributed by atoms with Crippen molar-refractivity contribution in [2.24, 2.45) is 0 Å². The highest BCUT2D eigenvalue weighted by atomic mass is 35.5. The van der Waals surface area contributed by atoms with Crippen molar-refractivity contribution >= 4 is 45.8 Å². The van der Waals surface area contributed by atoms with Crippen LogP contribution in [0.2, 0.25) is 10.0 Å². The third-order valence-corrected chi connectivity index (χ3v) is 4.80. The van der Waals surface area contributed by atoms with Crippen LogP contribution in [0, 0.1) is 0 Å². The number of nitrogens with zero attached hydrogens (tertiary/aromatic N) is 2. The molecule has 1 aromatic heterocycles. The molecule has 0 unspecified atom stereocenters. The maximum Gasteiger partial charge on any atom is 0.281 e. The lowest BCUT2D eigenvalue weighted by atomic mass is 10.1. The number of aromatic nitrogens is 2. The maximum atomic E-state index is 12.2. The predicted molar refractivity (Wildman–Crippen MR) is 95.0 cm³/mol. The molecule has 0 aliphatic carbocycles. The molecule has 1 aliphatic heterocycles. The van der Waals surface area contributed by atoms with E-state index in [2.05, 4.69) is 9.55 Å². The highest BCUT2D eigenvalue weighted by Gasteiger charge is 2.20. The van der Waals surface area contributed by atoms with Crippen LogP contribution in [0.1, 0.15) is 17.8 Å². The van der Waals surface area contributed by atoms with Gasteiger partial charge in [0.2, 0.25) is 0 Å². The highest BCUT2D eigenvalue weighted by Crippen LogP contribution is 2.31. The normalized spacial score (nSPS) is 15.3. The third-order valence-electron chi connectivity index (χ3n) is 4.06. The minimum absolute atomic E-state index is 0.186. The van der Waals surface area contributed by atoms with E-state index in [1.54, 1.807) is 6.07 Å². The molecule has 3 nitrogen and oxygen atoms in total. The Morgan fingerprint density at radius 1 is 1.09 bits per heavy atom. The Bertz CT molecular complexity index is 1020. The van der Waals surface area contributed by atoms with Crippen LogP contribution in [0.25, 0.3) is 22.6 Å². The molecule has 3 aromatic rings. The molecule has 2 aromatic carbocycles. The lowest BCUT2D eigenvalue weighted by Crippen LogP contribution is -2.14. The molecule has 0 N–H and O–H groups in total. The monoisotopic (exact) mass is 342 g/mol. The molecule has 1 aliphatic rings. The number of para-hydroxylation sites is 1. The zero-order valence-corrected chi connectivity index (χ0v) is 13.6. The van der Waals surface area contributed by atoms with Gasteiger partial charge in [0.05, 0.1) is 20.9 Å². The first kappa shape index (κ1) is 14.5. The molecule has 23 heavy (non-hydrogen) atoms. The highest BCUT2D eigenvalue weighted by molar-refractivity contribution is 6.42. The Hall–Kier alpha value is -2.10. The van der Waals surface area contributed by atoms with E-state index >= 15 is 0 Å². The Labute approximate surface area is 142 Å². The molecule has 5 heteroatoms. The minimum atomic E-state index is -0.186. The predicted octanol–water partition coefficient (Wildman–Crippen LogP) is 4.65. The fraction of sp³-hybridized carbons (Fsp3) is 0.111. The Kier molecular flexibility index (Phi) is 3.47. The standard InChI is InChI=1S/C18H12Cl2N2O/c19-14-6-5-11(10-15(14)20)9-12-7-8-22-16-4-2-1-3-13(16)18(23)21-17(12)22/h1-6,9-10H,7-8H2. The average Bonchev–Trinajstić information content (AvgIpc) is 2.94. The van der Waals surface area contributed by atoms with Crippen LogP contribution in [-0.2, 0) is 6.54 Å². The van der Waals surface area contributed by atoms with Gasteiger partial charge in [-0.1, -0.05) is 41.4 Å². The largest absolute Gasteiger partial charge is 0.325 e. The second-order valence-corrected chi connectivity index (χ2v) is 6.32. The molecule has 0 amide bonds. The van der Waals surface area contributed by atoms with Crippen molar-refractivity contribution in [2.45, 2.75) is 13.0 Å². The van der Waals surface area contributed by atoms with E-state index in [0.717, 1.165) is 35.4 Å². The molecule has 0 radical (unpaired) electrons. The number of fused-ring (bicyclic) bond motifs is 3. The van der Waals surface area contributed by atoms with Gasteiger partial charge in [-0.3, -0.25) is 4.79 Å². The summed E-state index contributed by atoms with van der Waals surface area (Å²) in [5.74, 6) is 0.736. The van der Waals surface area contributed by atoms with Gasteiger partial charge >= 0.3 is 0 Å². The number of hydrogen-bond acceptors (Lipinski definition) is 2. The van der Waals surface area contributed by atoms with Gasteiger partial charge in [-0.2, -0.15) is 4.98 Å². The second kappa shape index (κ2) is 5.52. The van der Waals surface area contributed by atoms with Gasteiger partial charge in [0.15, 0.2) is 0 Å². The summed E-state index contributed by atoms with van der Waals surface area (Å²) in [6, 6.07) is 13.1. The first-order valence-electron chi connectivity index (χ1n) is 7.29. The fourth-order valence-electron chi connectivity index (χ4n) is 2.98. The molecule has 114 valence electrons. The smallest absolute Gasteiger partial charge is 0.281 e. The first-order chi connectivity index (χ1) is 11.1. The van der Waals surface area contributed by atoms with Crippen molar-refractivity contribution in [1.29, 1.82) is 0 Å². The van der Waals surface area contributed by atoms with Crippen molar-refractivity contribution in [3.8, 4) is 0 Å². The maximum absolute atomic E-state index is 12.2. The van der Waals surface area contributed by atoms with Gasteiger partial charge in [-0.25, -0.2) is 0 Å². The molecular weight excluding hydrogens is 331 g/mol. The van der Waals surface area contributed by atoms with Crippen molar-refractivity contribution in [3.63, 3.8) is 0 Å². The van der Waals surface area contributed by atoms with E-state index in [9.17, 15) is 4.79 Å². The summed E-state index contributed by atoms with van der Waals surface area (Å²) in [4.78, 5) is 16.5. The summed E-state index contributed by atoms with van der Waals surface area (Å²) in [7, 11) is 0. The van der Waals surface area contributed by atoms with E-state index in [4.69, 9.17) is 23.2 Å². The summed E-state index contributed by atoms with van der Waals surface area (Å²) in [6.45, 7) is 0.816. The van der Waals surface area contributed by atoms with Gasteiger partial charge in [0.25, 0.3) is 5.56 Å². The van der Waals surface area contributed by atoms with Crippen LogP contribution in [0.3, 0.4) is 0 Å². The topological polar surface area (TPSA) is 34.9 Å². The molecule has 0 spiro atoms. The molecule has 2 heterocycles. The average molecular weight is 343 g/mol. The Balaban J connectivity index is 1.89. The van der Waals surface area contributed by atoms with Gasteiger partial charge in [0.1, 0.15) is 5.82 Å². The van der Waals surface area contributed by atoms with Crippen LogP contribution < -0.4 is 5.56 Å². The molecule has 4 rings (SSSR count). The number of allylic oxidation sites excluding steroid dienone is 1. The van der Waals surface area contributed by atoms with Crippen LogP contribution in [0.4, 0.5) is 0 Å². The zero-order chi connectivity index (χ0) is 16.0. The summed E-state index contributed by atoms with van der Waals surface area (Å²) < 4.78 is 2.10. The van der Waals surface area contributed by atoms with E-state index in [-0.39, 0.29) is 5.56 Å². The number of rotatable bonds is 1. The van der Waals surface area contributed by atoms with Gasteiger partial charge in [-0.05, 0) is 47.9 Å². The van der Waals surface area contributed by atoms with Crippen molar-refractivity contribution in [1.82, 2.24) is 9.55 Å². The summed E-state index contributed by atoms with van der Waals surface area (Å²) in [5.41, 5.74) is 2.73. The molecule has 0 saturated heterocycles. The second-order valence-electron chi connectivity index (χ2n) is 5.50. The van der Waals surface area contributed by atoms with Crippen LogP contribution in [-0.4, -0.2) is 9.55 Å². The lowest BCUT2D eigenvalue weighted by Gasteiger charge is -2.07. The van der Waals surface area contributed by atoms with Gasteiger partial charge < -0.3 is 4.57 Å². The molecule has 0 fully saturated rings. The van der Waals surface area contributed by atoms with Crippen molar-refractivity contribution in [2.75, 3.05) is 0 Å². The molecule has 0 saturated carbocycles. The van der Waals surface area contributed by atoms with E-state index in [1.165, 1.54) is 0 Å². The van der Waals surface area contributed by atoms with Crippen molar-refractivity contribution < 1.29 is 0 Å². The molecule has 0 bridgehead atoms. The van der Waals surface area contributed by atoms with E-state index < -0.39 is 0 Å². The minimum Gasteiger partial charge on any atom is -0.325 e. The molecular formula is C18H12Cl2N2O. The van der Waals surface area contributed by atoms with Crippen LogP contribution in [0.5, 0.6) is 0 Å². The lowest BCUT2D eigenvalue weighted by molar-refractivity contribution is 0.772. The summed E-state index contributed by atoms with van der Waals surface area (Å²) >= 11 is 12.0. The van der Waals surface area contributed by atoms with E-state index in [1.807, 2.05) is 42.5 Å². The van der Waals surface area contributed by atoms with Crippen molar-refractivity contribution in [3.05, 3.63) is 74.3 Å². The van der Waals surface area contributed by atoms with Gasteiger partial charge in [0, 0.05) is 6.54 Å². The Morgan fingerprint density at radius 3 is 2.74 bits per heavy atom. The quantitative estimate of drug-likeness (QED) is 0.645. The zero-order valence-electron chi connectivity index (χ0n) is 12.1. The molecule has 0 atom stereocenters. The SMILES string of the molecule is O=c1nc2n(c3ccccc13)CCC2=Cc1ccc(Cl)c(Cl)c1. The van der Waals surface area contributed by atoms with Crippen LogP contribution >= 0.6 is 23.2 Å². The number of halogens is 2. The Morgan fingerprint density at radius 2 is 1.91 bits per heavy atom. The van der Waals surface area contributed by atoms with Crippen LogP contribution in [0.15, 0.2) is 47.3 Å². The fourth-order valence-corrected chi connectivity index (χ4v) is 3.28. The third kappa shape index (κ3) is 2.46. The number of benzene rings is 2. The number of hydrogen-bond donors (Lipinski definition) is 0. The summed E-state index contributed by atoms with van der Waals surface area (Å²) in [6.07, 6.45) is 2.85. The van der Waals surface area contributed by atoms with E-state index in [0.29, 0.717) is 15.4 Å². The first-order valence-corrected chi connectivity index (χ1v) is 8.04. The summed E-state index contributed by atoms with van der Waals surface area (Å²) in [5, 5.41) is 1.70. The number of aryl methyl sites for hydroxylation is 1.